The highest BCUT2D eigenvalue weighted by Gasteiger charge is 2.08. The Labute approximate surface area is 150 Å². The number of allylic oxidation sites excluding steroid dienone is 2. The first-order valence-electron chi connectivity index (χ1n) is 8.72. The van der Waals surface area contributed by atoms with Gasteiger partial charge in [0, 0.05) is 31.9 Å². The minimum absolute atomic E-state index is 0.980. The summed E-state index contributed by atoms with van der Waals surface area (Å²) < 4.78 is 2.27. The number of rotatable bonds is 5. The zero-order chi connectivity index (χ0) is 17.6. The Morgan fingerprint density at radius 2 is 1.60 bits per heavy atom. The van der Waals surface area contributed by atoms with Gasteiger partial charge in [-0.15, -0.1) is 0 Å². The van der Waals surface area contributed by atoms with E-state index in [9.17, 15) is 0 Å². The van der Waals surface area contributed by atoms with Crippen LogP contribution in [0.2, 0.25) is 0 Å². The molecule has 0 atom stereocenters. The topological polar surface area (TPSA) is 7.12 Å². The maximum Gasteiger partial charge on any atom is 0.213 e. The van der Waals surface area contributed by atoms with Gasteiger partial charge in [0.05, 0.1) is 5.39 Å². The van der Waals surface area contributed by atoms with Gasteiger partial charge in [0.2, 0.25) is 5.52 Å². The molecule has 2 aromatic carbocycles. The molecular formula is C23H25N2+. The predicted octanol–water partition coefficient (Wildman–Crippen LogP) is 4.94. The summed E-state index contributed by atoms with van der Waals surface area (Å²) in [4.78, 5) is 2.11. The number of benzene rings is 2. The Hall–Kier alpha value is -2.87. The molecule has 0 unspecified atom stereocenters. The fraction of sp³-hybridized carbons (Fsp3) is 0.174. The van der Waals surface area contributed by atoms with Gasteiger partial charge in [0.25, 0.3) is 0 Å². The highest BCUT2D eigenvalue weighted by atomic mass is 15.1. The van der Waals surface area contributed by atoms with Crippen molar-refractivity contribution in [1.82, 2.24) is 0 Å². The summed E-state index contributed by atoms with van der Waals surface area (Å²) >= 11 is 0. The average Bonchev–Trinajstić information content (AvgIpc) is 2.65. The van der Waals surface area contributed by atoms with Crippen molar-refractivity contribution in [2.75, 3.05) is 19.0 Å². The molecule has 0 aliphatic carbocycles. The average molecular weight is 329 g/mol. The molecule has 1 aromatic heterocycles. The molecule has 0 radical (unpaired) electrons. The molecule has 0 fully saturated rings. The van der Waals surface area contributed by atoms with Crippen LogP contribution in [0.1, 0.15) is 18.1 Å². The summed E-state index contributed by atoms with van der Waals surface area (Å²) in [7, 11) is 4.11. The SMILES string of the molecule is CC[n+]1ccc(C=CC=Cc2ccc(N(C)C)cc2)c2ccccc21. The van der Waals surface area contributed by atoms with Gasteiger partial charge in [-0.05, 0) is 36.2 Å². The third kappa shape index (κ3) is 3.97. The number of para-hydroxylation sites is 1. The van der Waals surface area contributed by atoms with E-state index in [-0.39, 0.29) is 0 Å². The normalized spacial score (nSPS) is 11.6. The van der Waals surface area contributed by atoms with Crippen LogP contribution in [0.4, 0.5) is 5.69 Å². The van der Waals surface area contributed by atoms with Crippen molar-refractivity contribution in [2.45, 2.75) is 13.5 Å². The number of aryl methyl sites for hydroxylation is 1. The third-order valence-electron chi connectivity index (χ3n) is 4.38. The maximum absolute atomic E-state index is 2.27. The number of nitrogens with zero attached hydrogens (tertiary/aromatic N) is 2. The number of pyridine rings is 1. The van der Waals surface area contributed by atoms with Crippen molar-refractivity contribution in [2.24, 2.45) is 0 Å². The number of anilines is 1. The predicted molar refractivity (Wildman–Crippen MR) is 109 cm³/mol. The minimum atomic E-state index is 0.980. The summed E-state index contributed by atoms with van der Waals surface area (Å²) in [5, 5.41) is 1.28. The first-order valence-corrected chi connectivity index (χ1v) is 8.72. The second-order valence-corrected chi connectivity index (χ2v) is 6.28. The summed E-state index contributed by atoms with van der Waals surface area (Å²) in [5.41, 5.74) is 4.94. The minimum Gasteiger partial charge on any atom is -0.378 e. The van der Waals surface area contributed by atoms with Crippen molar-refractivity contribution in [3.63, 3.8) is 0 Å². The summed E-state index contributed by atoms with van der Waals surface area (Å²) in [6, 6.07) is 19.3. The summed E-state index contributed by atoms with van der Waals surface area (Å²) in [6.07, 6.45) is 10.7. The quantitative estimate of drug-likeness (QED) is 0.475. The molecule has 0 bridgehead atoms. The zero-order valence-electron chi connectivity index (χ0n) is 15.2. The number of fused-ring (bicyclic) bond motifs is 1. The number of hydrogen-bond donors (Lipinski definition) is 0. The molecule has 0 N–H and O–H groups in total. The van der Waals surface area contributed by atoms with E-state index in [4.69, 9.17) is 0 Å². The lowest BCUT2D eigenvalue weighted by Crippen LogP contribution is -2.32. The molecule has 3 rings (SSSR count). The Bertz CT molecular complexity index is 903. The van der Waals surface area contributed by atoms with E-state index >= 15 is 0 Å². The standard InChI is InChI=1S/C23H25N2/c1-4-25-18-17-20(22-11-7-8-12-23(22)25)10-6-5-9-19-13-15-21(16-14-19)24(2)3/h5-18H,4H2,1-3H3/q+1. The van der Waals surface area contributed by atoms with Crippen molar-refractivity contribution >= 4 is 28.7 Å². The van der Waals surface area contributed by atoms with E-state index < -0.39 is 0 Å². The lowest BCUT2D eigenvalue weighted by atomic mass is 10.1. The van der Waals surface area contributed by atoms with Gasteiger partial charge >= 0.3 is 0 Å². The molecule has 1 heterocycles. The molecule has 0 aliphatic heterocycles. The second-order valence-electron chi connectivity index (χ2n) is 6.28. The van der Waals surface area contributed by atoms with Crippen molar-refractivity contribution in [3.05, 3.63) is 84.1 Å². The van der Waals surface area contributed by atoms with Gasteiger partial charge in [-0.1, -0.05) is 48.6 Å². The third-order valence-corrected chi connectivity index (χ3v) is 4.38. The van der Waals surface area contributed by atoms with Crippen LogP contribution in [0, 0.1) is 0 Å². The zero-order valence-corrected chi connectivity index (χ0v) is 15.2. The lowest BCUT2D eigenvalue weighted by molar-refractivity contribution is -0.667. The molecule has 0 aliphatic rings. The fourth-order valence-corrected chi connectivity index (χ4v) is 2.94. The Kier molecular flexibility index (Phi) is 5.30. The van der Waals surface area contributed by atoms with Gasteiger partial charge in [0.1, 0.15) is 6.54 Å². The molecule has 2 nitrogen and oxygen atoms in total. The van der Waals surface area contributed by atoms with Gasteiger partial charge < -0.3 is 4.90 Å². The van der Waals surface area contributed by atoms with Gasteiger partial charge in [0.15, 0.2) is 6.20 Å². The molecule has 3 aromatic rings. The van der Waals surface area contributed by atoms with Crippen LogP contribution in [0.5, 0.6) is 0 Å². The van der Waals surface area contributed by atoms with E-state index in [0.717, 1.165) is 6.54 Å². The highest BCUT2D eigenvalue weighted by molar-refractivity contribution is 5.85. The molecule has 126 valence electrons. The van der Waals surface area contributed by atoms with Crippen molar-refractivity contribution in [1.29, 1.82) is 0 Å². The molecule has 25 heavy (non-hydrogen) atoms. The Morgan fingerprint density at radius 1 is 0.880 bits per heavy atom. The molecular weight excluding hydrogens is 304 g/mol. The molecule has 0 amide bonds. The molecule has 0 saturated carbocycles. The van der Waals surface area contributed by atoms with E-state index in [2.05, 4.69) is 116 Å². The van der Waals surface area contributed by atoms with Crippen LogP contribution in [0.15, 0.2) is 72.9 Å². The Morgan fingerprint density at radius 3 is 2.32 bits per heavy atom. The van der Waals surface area contributed by atoms with Gasteiger partial charge in [-0.2, -0.15) is 4.57 Å². The maximum atomic E-state index is 2.27. The second kappa shape index (κ2) is 7.80. The fourth-order valence-electron chi connectivity index (χ4n) is 2.94. The first-order chi connectivity index (χ1) is 12.2. The molecule has 0 spiro atoms. The van der Waals surface area contributed by atoms with Crippen molar-refractivity contribution < 1.29 is 4.57 Å². The van der Waals surface area contributed by atoms with Crippen LogP contribution in [-0.2, 0) is 6.54 Å². The van der Waals surface area contributed by atoms with E-state index in [1.807, 2.05) is 0 Å². The van der Waals surface area contributed by atoms with Crippen LogP contribution in [0.3, 0.4) is 0 Å². The van der Waals surface area contributed by atoms with E-state index in [1.54, 1.807) is 0 Å². The Balaban J connectivity index is 1.79. The van der Waals surface area contributed by atoms with Crippen LogP contribution in [0.25, 0.3) is 23.1 Å². The number of aromatic nitrogens is 1. The van der Waals surface area contributed by atoms with E-state index in [1.165, 1.54) is 27.7 Å². The largest absolute Gasteiger partial charge is 0.378 e. The lowest BCUT2D eigenvalue weighted by Gasteiger charge is -2.11. The van der Waals surface area contributed by atoms with Gasteiger partial charge in [-0.25, -0.2) is 0 Å². The smallest absolute Gasteiger partial charge is 0.213 e. The first kappa shape index (κ1) is 17.0. The van der Waals surface area contributed by atoms with E-state index in [0.29, 0.717) is 0 Å². The van der Waals surface area contributed by atoms with Gasteiger partial charge in [-0.3, -0.25) is 0 Å². The monoisotopic (exact) mass is 329 g/mol. The number of hydrogen-bond acceptors (Lipinski definition) is 1. The van der Waals surface area contributed by atoms with Crippen LogP contribution >= 0.6 is 0 Å². The molecule has 0 saturated heterocycles. The summed E-state index contributed by atoms with van der Waals surface area (Å²) in [6.45, 7) is 3.15. The van der Waals surface area contributed by atoms with Crippen LogP contribution in [-0.4, -0.2) is 14.1 Å². The van der Waals surface area contributed by atoms with Crippen molar-refractivity contribution in [3.8, 4) is 0 Å². The highest BCUT2D eigenvalue weighted by Crippen LogP contribution is 2.17. The molecule has 2 heteroatoms. The van der Waals surface area contributed by atoms with Crippen LogP contribution < -0.4 is 9.47 Å². The summed E-state index contributed by atoms with van der Waals surface area (Å²) in [5.74, 6) is 0.